The van der Waals surface area contributed by atoms with Crippen LogP contribution in [0.4, 0.5) is 0 Å². The summed E-state index contributed by atoms with van der Waals surface area (Å²) < 4.78 is 8.26. The standard InChI is InChI=1S/C67H42N4S/c1-3-15-49(16-4-1)69-59-23-11-9-21-55(59)57-41-47(35-39-63(57)69)43-27-31-45(32-28-43)51-37-38-52(66-65(51)68-67(72-66)71-61-25-13-7-19-53(61)54-20-8-14-26-62(54)71)46-33-29-44(30-34-46)48-36-40-64-58(42-48)56-22-10-12-24-60(56)70(64)50-17-5-2-6-18-50/h1-42H. The second kappa shape index (κ2) is 16.1. The van der Waals surface area contributed by atoms with Crippen LogP contribution in [0.5, 0.6) is 0 Å². The Hall–Kier alpha value is -9.29. The average molecular weight is 935 g/mol. The Balaban J connectivity index is 0.841. The molecule has 0 spiro atoms. The molecule has 15 aromatic rings. The molecular formula is C67H42N4S. The number of thiazole rings is 1. The summed E-state index contributed by atoms with van der Waals surface area (Å²) >= 11 is 1.77. The second-order valence-electron chi connectivity index (χ2n) is 18.7. The Morgan fingerprint density at radius 2 is 0.611 bits per heavy atom. The quantitative estimate of drug-likeness (QED) is 0.156. The van der Waals surface area contributed by atoms with E-state index < -0.39 is 0 Å². The van der Waals surface area contributed by atoms with Gasteiger partial charge in [0.1, 0.15) is 0 Å². The number of hydrogen-bond acceptors (Lipinski definition) is 2. The van der Waals surface area contributed by atoms with Crippen LogP contribution in [-0.4, -0.2) is 18.7 Å². The van der Waals surface area contributed by atoms with Crippen molar-refractivity contribution >= 4 is 87.0 Å². The first-order valence-corrected chi connectivity index (χ1v) is 25.3. The molecule has 0 atom stereocenters. The zero-order valence-corrected chi connectivity index (χ0v) is 39.8. The Kier molecular flexibility index (Phi) is 9.10. The molecule has 0 aliphatic heterocycles. The summed E-state index contributed by atoms with van der Waals surface area (Å²) in [5.41, 5.74) is 19.8. The first kappa shape index (κ1) is 40.6. The molecule has 0 N–H and O–H groups in total. The largest absolute Gasteiger partial charge is 0.309 e. The Labute approximate surface area is 419 Å². The van der Waals surface area contributed by atoms with Crippen LogP contribution < -0.4 is 0 Å². The highest BCUT2D eigenvalue weighted by Crippen LogP contribution is 2.44. The third-order valence-corrected chi connectivity index (χ3v) is 15.8. The Morgan fingerprint density at radius 1 is 0.264 bits per heavy atom. The molecule has 336 valence electrons. The smallest absolute Gasteiger partial charge is 0.195 e. The summed E-state index contributed by atoms with van der Waals surface area (Å²) in [7, 11) is 0. The highest BCUT2D eigenvalue weighted by Gasteiger charge is 2.21. The molecule has 0 saturated carbocycles. The molecule has 0 aliphatic rings. The normalized spacial score (nSPS) is 11.9. The molecule has 4 nitrogen and oxygen atoms in total. The van der Waals surface area contributed by atoms with Crippen molar-refractivity contribution < 1.29 is 0 Å². The van der Waals surface area contributed by atoms with Crippen LogP contribution in [-0.2, 0) is 0 Å². The molecular weight excluding hydrogens is 893 g/mol. The lowest BCUT2D eigenvalue weighted by Crippen LogP contribution is -1.93. The average Bonchev–Trinajstić information content (AvgIpc) is 4.22. The predicted octanol–water partition coefficient (Wildman–Crippen LogP) is 18.3. The van der Waals surface area contributed by atoms with Gasteiger partial charge in [-0.15, -0.1) is 0 Å². The molecule has 0 saturated heterocycles. The molecule has 72 heavy (non-hydrogen) atoms. The van der Waals surface area contributed by atoms with Gasteiger partial charge in [-0.05, 0) is 106 Å². The molecule has 0 bridgehead atoms. The molecule has 15 rings (SSSR count). The minimum absolute atomic E-state index is 0.954. The molecule has 5 heteroatoms. The first-order valence-electron chi connectivity index (χ1n) is 24.5. The monoisotopic (exact) mass is 934 g/mol. The number of benzene rings is 11. The van der Waals surface area contributed by atoms with Gasteiger partial charge in [0.15, 0.2) is 5.13 Å². The van der Waals surface area contributed by atoms with E-state index in [-0.39, 0.29) is 0 Å². The van der Waals surface area contributed by atoms with Gasteiger partial charge >= 0.3 is 0 Å². The van der Waals surface area contributed by atoms with Crippen molar-refractivity contribution in [1.29, 1.82) is 0 Å². The molecule has 0 radical (unpaired) electrons. The molecule has 0 aliphatic carbocycles. The Bertz CT molecular complexity index is 4300. The van der Waals surface area contributed by atoms with Gasteiger partial charge in [-0.25, -0.2) is 4.98 Å². The van der Waals surface area contributed by atoms with E-state index in [9.17, 15) is 0 Å². The van der Waals surface area contributed by atoms with Crippen molar-refractivity contribution in [1.82, 2.24) is 18.7 Å². The van der Waals surface area contributed by atoms with Gasteiger partial charge in [-0.3, -0.25) is 4.57 Å². The van der Waals surface area contributed by atoms with E-state index in [4.69, 9.17) is 4.98 Å². The van der Waals surface area contributed by atoms with Crippen molar-refractivity contribution in [3.05, 3.63) is 255 Å². The Morgan fingerprint density at radius 3 is 1.08 bits per heavy atom. The number of fused-ring (bicyclic) bond motifs is 10. The van der Waals surface area contributed by atoms with Gasteiger partial charge in [0.25, 0.3) is 0 Å². The summed E-state index contributed by atoms with van der Waals surface area (Å²) in [5.74, 6) is 0. The van der Waals surface area contributed by atoms with E-state index >= 15 is 0 Å². The van der Waals surface area contributed by atoms with Gasteiger partial charge in [-0.2, -0.15) is 0 Å². The number of rotatable bonds is 7. The van der Waals surface area contributed by atoms with E-state index in [0.29, 0.717) is 0 Å². The maximum Gasteiger partial charge on any atom is 0.195 e. The van der Waals surface area contributed by atoms with Crippen molar-refractivity contribution in [2.24, 2.45) is 0 Å². The second-order valence-corrected chi connectivity index (χ2v) is 19.7. The van der Waals surface area contributed by atoms with Crippen molar-refractivity contribution in [2.45, 2.75) is 0 Å². The van der Waals surface area contributed by atoms with Gasteiger partial charge < -0.3 is 9.13 Å². The van der Waals surface area contributed by atoms with Gasteiger partial charge in [-0.1, -0.05) is 193 Å². The van der Waals surface area contributed by atoms with Gasteiger partial charge in [0.2, 0.25) is 0 Å². The number of nitrogens with zero attached hydrogens (tertiary/aromatic N) is 4. The predicted molar refractivity (Wildman–Crippen MR) is 304 cm³/mol. The summed E-state index contributed by atoms with van der Waals surface area (Å²) in [6, 6.07) is 92.7. The highest BCUT2D eigenvalue weighted by atomic mass is 32.1. The number of aromatic nitrogens is 4. The zero-order valence-electron chi connectivity index (χ0n) is 38.9. The lowest BCUT2D eigenvalue weighted by molar-refractivity contribution is 1.15. The molecule has 4 aromatic heterocycles. The fourth-order valence-electron chi connectivity index (χ4n) is 11.4. The maximum absolute atomic E-state index is 5.61. The van der Waals surface area contributed by atoms with Crippen LogP contribution in [0.25, 0.3) is 137 Å². The van der Waals surface area contributed by atoms with E-state index in [1.807, 2.05) is 0 Å². The lowest BCUT2D eigenvalue weighted by Gasteiger charge is -2.11. The molecule has 0 fully saturated rings. The first-order chi connectivity index (χ1) is 35.7. The topological polar surface area (TPSA) is 27.7 Å². The third-order valence-electron chi connectivity index (χ3n) is 14.7. The summed E-state index contributed by atoms with van der Waals surface area (Å²) in [4.78, 5) is 5.61. The minimum Gasteiger partial charge on any atom is -0.309 e. The summed E-state index contributed by atoms with van der Waals surface area (Å²) in [6.07, 6.45) is 0. The molecule has 4 heterocycles. The maximum atomic E-state index is 5.61. The fraction of sp³-hybridized carbons (Fsp3) is 0. The van der Waals surface area contributed by atoms with E-state index in [2.05, 4.69) is 268 Å². The van der Waals surface area contributed by atoms with E-state index in [1.54, 1.807) is 11.3 Å². The highest BCUT2D eigenvalue weighted by molar-refractivity contribution is 7.21. The van der Waals surface area contributed by atoms with Crippen LogP contribution in [0, 0.1) is 0 Å². The SMILES string of the molecule is c1ccc(-n2c3ccccc3c3cc(-c4ccc(-c5ccc(-c6ccc(-c7ccc8c(c7)c7ccccc7n8-c7ccccc7)cc6)c6sc(-n7c8ccccc8c8ccccc87)nc56)cc4)ccc32)cc1. The summed E-state index contributed by atoms with van der Waals surface area (Å²) in [6.45, 7) is 0. The van der Waals surface area contributed by atoms with Gasteiger partial charge in [0, 0.05) is 54.8 Å². The van der Waals surface area contributed by atoms with Crippen LogP contribution in [0.3, 0.4) is 0 Å². The summed E-state index contributed by atoms with van der Waals surface area (Å²) in [5, 5.41) is 8.40. The van der Waals surface area contributed by atoms with Crippen molar-refractivity contribution in [3.63, 3.8) is 0 Å². The van der Waals surface area contributed by atoms with Crippen LogP contribution in [0.2, 0.25) is 0 Å². The number of hydrogen-bond donors (Lipinski definition) is 0. The fourth-order valence-corrected chi connectivity index (χ4v) is 12.5. The van der Waals surface area contributed by atoms with E-state index in [0.717, 1.165) is 54.4 Å². The third kappa shape index (κ3) is 6.28. The van der Waals surface area contributed by atoms with Crippen LogP contribution in [0.1, 0.15) is 0 Å². The lowest BCUT2D eigenvalue weighted by atomic mass is 9.95. The minimum atomic E-state index is 0.954. The van der Waals surface area contributed by atoms with Crippen molar-refractivity contribution in [2.75, 3.05) is 0 Å². The zero-order chi connectivity index (χ0) is 47.3. The van der Waals surface area contributed by atoms with E-state index in [1.165, 1.54) is 82.2 Å². The van der Waals surface area contributed by atoms with Gasteiger partial charge in [0.05, 0.1) is 43.3 Å². The molecule has 0 amide bonds. The van der Waals surface area contributed by atoms with Crippen molar-refractivity contribution in [3.8, 4) is 61.0 Å². The van der Waals surface area contributed by atoms with Crippen LogP contribution >= 0.6 is 11.3 Å². The molecule has 11 aromatic carbocycles. The van der Waals surface area contributed by atoms with Crippen LogP contribution in [0.15, 0.2) is 255 Å². The molecule has 0 unspecified atom stereocenters. The number of para-hydroxylation sites is 6.